The molecule has 2 aromatic carbocycles. The molecule has 2 aromatic heterocycles. The predicted octanol–water partition coefficient (Wildman–Crippen LogP) is 4.53. The van der Waals surface area contributed by atoms with Crippen LogP contribution in [0.5, 0.6) is 0 Å². The van der Waals surface area contributed by atoms with Crippen LogP contribution in [0.15, 0.2) is 76.3 Å². The molecule has 0 aliphatic carbocycles. The van der Waals surface area contributed by atoms with Crippen LogP contribution >= 0.6 is 11.6 Å². The van der Waals surface area contributed by atoms with Crippen LogP contribution in [0.3, 0.4) is 0 Å². The van der Waals surface area contributed by atoms with Crippen LogP contribution in [-0.2, 0) is 6.54 Å². The van der Waals surface area contributed by atoms with Gasteiger partial charge in [0, 0.05) is 16.1 Å². The number of hydrogen-bond acceptors (Lipinski definition) is 4. The first kappa shape index (κ1) is 15.1. The first-order chi connectivity index (χ1) is 12.8. The van der Waals surface area contributed by atoms with Crippen molar-refractivity contribution in [2.75, 3.05) is 0 Å². The Morgan fingerprint density at radius 2 is 1.85 bits per heavy atom. The summed E-state index contributed by atoms with van der Waals surface area (Å²) in [6, 6.07) is 19.6. The normalized spacial score (nSPS) is 12.9. The van der Waals surface area contributed by atoms with Crippen molar-refractivity contribution in [3.8, 4) is 17.3 Å². The highest BCUT2D eigenvalue weighted by Crippen LogP contribution is 2.31. The number of benzene rings is 2. The van der Waals surface area contributed by atoms with Crippen LogP contribution in [0.25, 0.3) is 17.3 Å². The topological polar surface area (TPSA) is 56.2 Å². The summed E-state index contributed by atoms with van der Waals surface area (Å²) in [4.78, 5) is 4.82. The Balaban J connectivity index is 1.78. The standard InChI is InChI=1S/C20H13ClN4O/c21-14-8-9-16-15(11-14)19(13-5-2-1-3-6-13)22-12-18-23-24-20(25(16)18)17-7-4-10-26-17/h1-11H,12H2. The van der Waals surface area contributed by atoms with Crippen molar-refractivity contribution in [1.82, 2.24) is 14.8 Å². The van der Waals surface area contributed by atoms with Crippen LogP contribution in [0, 0.1) is 0 Å². The van der Waals surface area contributed by atoms with Crippen LogP contribution in [0.2, 0.25) is 5.02 Å². The number of nitrogens with zero attached hydrogens (tertiary/aromatic N) is 4. The van der Waals surface area contributed by atoms with Crippen LogP contribution in [-0.4, -0.2) is 20.5 Å². The van der Waals surface area contributed by atoms with Gasteiger partial charge in [0.25, 0.3) is 0 Å². The number of furan rings is 1. The summed E-state index contributed by atoms with van der Waals surface area (Å²) in [6.07, 6.45) is 1.63. The molecule has 0 bridgehead atoms. The van der Waals surface area contributed by atoms with Crippen molar-refractivity contribution in [2.24, 2.45) is 4.99 Å². The van der Waals surface area contributed by atoms with Crippen LogP contribution < -0.4 is 0 Å². The van der Waals surface area contributed by atoms with Crippen molar-refractivity contribution < 1.29 is 4.42 Å². The van der Waals surface area contributed by atoms with Gasteiger partial charge in [-0.05, 0) is 30.3 Å². The van der Waals surface area contributed by atoms with Crippen molar-refractivity contribution in [3.63, 3.8) is 0 Å². The van der Waals surface area contributed by atoms with E-state index in [-0.39, 0.29) is 0 Å². The highest BCUT2D eigenvalue weighted by molar-refractivity contribution is 6.31. The Morgan fingerprint density at radius 3 is 2.65 bits per heavy atom. The quantitative estimate of drug-likeness (QED) is 0.527. The van der Waals surface area contributed by atoms with Gasteiger partial charge in [-0.25, -0.2) is 0 Å². The molecule has 0 atom stereocenters. The average molecular weight is 361 g/mol. The van der Waals surface area contributed by atoms with E-state index in [1.54, 1.807) is 6.26 Å². The highest BCUT2D eigenvalue weighted by atomic mass is 35.5. The number of fused-ring (bicyclic) bond motifs is 3. The maximum Gasteiger partial charge on any atom is 0.204 e. The minimum Gasteiger partial charge on any atom is -0.461 e. The summed E-state index contributed by atoms with van der Waals surface area (Å²) in [5, 5.41) is 9.31. The summed E-state index contributed by atoms with van der Waals surface area (Å²) >= 11 is 6.31. The van der Waals surface area contributed by atoms with Crippen LogP contribution in [0.4, 0.5) is 0 Å². The van der Waals surface area contributed by atoms with Gasteiger partial charge in [0.2, 0.25) is 5.82 Å². The number of halogens is 1. The van der Waals surface area contributed by atoms with E-state index in [0.29, 0.717) is 23.2 Å². The molecule has 0 radical (unpaired) electrons. The third kappa shape index (κ3) is 2.36. The minimum absolute atomic E-state index is 0.421. The molecule has 6 heteroatoms. The number of rotatable bonds is 2. The van der Waals surface area contributed by atoms with Gasteiger partial charge in [0.1, 0.15) is 6.54 Å². The maximum absolute atomic E-state index is 6.31. The third-order valence-electron chi connectivity index (χ3n) is 4.35. The predicted molar refractivity (Wildman–Crippen MR) is 99.9 cm³/mol. The summed E-state index contributed by atoms with van der Waals surface area (Å²) in [7, 11) is 0. The molecule has 3 heterocycles. The molecule has 0 saturated heterocycles. The van der Waals surface area contributed by atoms with Gasteiger partial charge in [-0.1, -0.05) is 41.9 Å². The fourth-order valence-electron chi connectivity index (χ4n) is 3.21. The third-order valence-corrected chi connectivity index (χ3v) is 4.59. The molecule has 4 aromatic rings. The lowest BCUT2D eigenvalue weighted by atomic mass is 10.0. The van der Waals surface area contributed by atoms with E-state index in [4.69, 9.17) is 21.0 Å². The maximum atomic E-state index is 6.31. The van der Waals surface area contributed by atoms with Gasteiger partial charge in [-0.15, -0.1) is 10.2 Å². The first-order valence-corrected chi connectivity index (χ1v) is 8.57. The fraction of sp³-hybridized carbons (Fsp3) is 0.0500. The zero-order chi connectivity index (χ0) is 17.5. The molecule has 0 fully saturated rings. The van der Waals surface area contributed by atoms with Crippen molar-refractivity contribution in [3.05, 3.63) is 88.9 Å². The van der Waals surface area contributed by atoms with Crippen molar-refractivity contribution >= 4 is 17.3 Å². The smallest absolute Gasteiger partial charge is 0.204 e. The zero-order valence-corrected chi connectivity index (χ0v) is 14.4. The molecule has 1 aliphatic heterocycles. The molecule has 5 nitrogen and oxygen atoms in total. The number of aromatic nitrogens is 3. The van der Waals surface area contributed by atoms with E-state index in [2.05, 4.69) is 10.2 Å². The van der Waals surface area contributed by atoms with Gasteiger partial charge in [0.05, 0.1) is 17.7 Å². The van der Waals surface area contributed by atoms with E-state index in [9.17, 15) is 0 Å². The van der Waals surface area contributed by atoms with E-state index < -0.39 is 0 Å². The molecule has 0 amide bonds. The van der Waals surface area contributed by atoms with Gasteiger partial charge in [-0.3, -0.25) is 9.56 Å². The highest BCUT2D eigenvalue weighted by Gasteiger charge is 2.24. The van der Waals surface area contributed by atoms with E-state index in [1.807, 2.05) is 65.2 Å². The summed E-state index contributed by atoms with van der Waals surface area (Å²) in [5.41, 5.74) is 3.80. The number of aliphatic imine (C=N–C) groups is 1. The van der Waals surface area contributed by atoms with Gasteiger partial charge in [0.15, 0.2) is 11.6 Å². The Hall–Kier alpha value is -3.18. The molecule has 26 heavy (non-hydrogen) atoms. The SMILES string of the molecule is Clc1ccc2c(c1)C(c1ccccc1)=NCc1nnc(-c3ccco3)n1-2. The van der Waals surface area contributed by atoms with Gasteiger partial charge in [-0.2, -0.15) is 0 Å². The molecule has 5 rings (SSSR count). The number of hydrogen-bond donors (Lipinski definition) is 0. The Labute approximate surface area is 154 Å². The Bertz CT molecular complexity index is 1110. The molecule has 0 saturated carbocycles. The first-order valence-electron chi connectivity index (χ1n) is 8.19. The molecule has 1 aliphatic rings. The average Bonchev–Trinajstić information content (AvgIpc) is 3.30. The lowest BCUT2D eigenvalue weighted by Gasteiger charge is -2.13. The molecule has 0 N–H and O–H groups in total. The summed E-state index contributed by atoms with van der Waals surface area (Å²) in [5.74, 6) is 2.07. The second kappa shape index (κ2) is 5.97. The van der Waals surface area contributed by atoms with E-state index in [1.165, 1.54) is 0 Å². The molecule has 126 valence electrons. The monoisotopic (exact) mass is 360 g/mol. The molecular weight excluding hydrogens is 348 g/mol. The largest absolute Gasteiger partial charge is 0.461 e. The second-order valence-electron chi connectivity index (χ2n) is 5.94. The Morgan fingerprint density at radius 1 is 0.962 bits per heavy atom. The molecule has 0 spiro atoms. The molecular formula is C20H13ClN4O. The lowest BCUT2D eigenvalue weighted by molar-refractivity contribution is 0.575. The summed E-state index contributed by atoms with van der Waals surface area (Å²) in [6.45, 7) is 0.421. The Kier molecular flexibility index (Phi) is 3.47. The molecule has 0 unspecified atom stereocenters. The van der Waals surface area contributed by atoms with Gasteiger partial charge < -0.3 is 4.42 Å². The minimum atomic E-state index is 0.421. The van der Waals surface area contributed by atoms with E-state index in [0.717, 1.165) is 28.4 Å². The van der Waals surface area contributed by atoms with Crippen LogP contribution in [0.1, 0.15) is 17.0 Å². The summed E-state index contributed by atoms with van der Waals surface area (Å²) < 4.78 is 7.54. The second-order valence-corrected chi connectivity index (χ2v) is 6.38. The van der Waals surface area contributed by atoms with Gasteiger partial charge >= 0.3 is 0 Å². The van der Waals surface area contributed by atoms with E-state index >= 15 is 0 Å². The van der Waals surface area contributed by atoms with Crippen molar-refractivity contribution in [1.29, 1.82) is 0 Å². The zero-order valence-electron chi connectivity index (χ0n) is 13.6. The van der Waals surface area contributed by atoms with Crippen molar-refractivity contribution in [2.45, 2.75) is 6.54 Å². The fourth-order valence-corrected chi connectivity index (χ4v) is 3.38. The lowest BCUT2D eigenvalue weighted by Crippen LogP contribution is -2.08.